The third-order valence-corrected chi connectivity index (χ3v) is 4.02. The smallest absolute Gasteiger partial charge is 0.337 e. The molecule has 2 aliphatic heterocycles. The molecule has 3 atom stereocenters. The fourth-order valence-corrected chi connectivity index (χ4v) is 3.22. The van der Waals surface area contributed by atoms with Gasteiger partial charge < -0.3 is 20.1 Å². The lowest BCUT2D eigenvalue weighted by atomic mass is 9.99. The SMILES string of the molecule is CCOC(=O)C1=C(CN2C[C@H](C)O[C@@H](C)C2)NC(=O)N[C@H]1CC. The van der Waals surface area contributed by atoms with Gasteiger partial charge in [-0.3, -0.25) is 4.90 Å². The molecular weight excluding hydrogens is 298 g/mol. The first-order valence-corrected chi connectivity index (χ1v) is 8.30. The van der Waals surface area contributed by atoms with E-state index in [0.717, 1.165) is 13.1 Å². The summed E-state index contributed by atoms with van der Waals surface area (Å²) in [5.74, 6) is -0.365. The van der Waals surface area contributed by atoms with Gasteiger partial charge in [0.2, 0.25) is 0 Å². The Morgan fingerprint density at radius 2 is 1.96 bits per heavy atom. The number of hydrogen-bond donors (Lipinski definition) is 2. The third-order valence-electron chi connectivity index (χ3n) is 4.02. The quantitative estimate of drug-likeness (QED) is 0.737. The van der Waals surface area contributed by atoms with E-state index in [1.165, 1.54) is 0 Å². The van der Waals surface area contributed by atoms with Crippen molar-refractivity contribution in [3.8, 4) is 0 Å². The van der Waals surface area contributed by atoms with Gasteiger partial charge >= 0.3 is 12.0 Å². The zero-order valence-corrected chi connectivity index (χ0v) is 14.3. The van der Waals surface area contributed by atoms with Gasteiger partial charge in [0.25, 0.3) is 0 Å². The summed E-state index contributed by atoms with van der Waals surface area (Å²) in [5.41, 5.74) is 1.17. The van der Waals surface area contributed by atoms with Gasteiger partial charge in [0.05, 0.1) is 30.4 Å². The first kappa shape index (κ1) is 17.7. The Balaban J connectivity index is 2.24. The number of ether oxygens (including phenoxy) is 2. The van der Waals surface area contributed by atoms with Crippen LogP contribution in [0.25, 0.3) is 0 Å². The Morgan fingerprint density at radius 1 is 1.30 bits per heavy atom. The highest BCUT2D eigenvalue weighted by Crippen LogP contribution is 2.19. The van der Waals surface area contributed by atoms with Crippen molar-refractivity contribution < 1.29 is 19.1 Å². The van der Waals surface area contributed by atoms with E-state index in [1.54, 1.807) is 6.92 Å². The topological polar surface area (TPSA) is 79.9 Å². The zero-order chi connectivity index (χ0) is 17.0. The van der Waals surface area contributed by atoms with Crippen molar-refractivity contribution in [2.45, 2.75) is 52.4 Å². The van der Waals surface area contributed by atoms with E-state index >= 15 is 0 Å². The van der Waals surface area contributed by atoms with Crippen molar-refractivity contribution in [3.05, 3.63) is 11.3 Å². The molecule has 0 aromatic heterocycles. The third kappa shape index (κ3) is 4.45. The van der Waals surface area contributed by atoms with E-state index < -0.39 is 0 Å². The highest BCUT2D eigenvalue weighted by Gasteiger charge is 2.33. The molecule has 2 rings (SSSR count). The zero-order valence-electron chi connectivity index (χ0n) is 14.3. The summed E-state index contributed by atoms with van der Waals surface area (Å²) in [6.45, 7) is 10.1. The minimum Gasteiger partial charge on any atom is -0.463 e. The number of urea groups is 1. The average Bonchev–Trinajstić information content (AvgIpc) is 2.45. The number of esters is 1. The molecule has 23 heavy (non-hydrogen) atoms. The Morgan fingerprint density at radius 3 is 2.52 bits per heavy atom. The van der Waals surface area contributed by atoms with Crippen molar-refractivity contribution >= 4 is 12.0 Å². The molecule has 0 aromatic rings. The van der Waals surface area contributed by atoms with Crippen LogP contribution in [0.5, 0.6) is 0 Å². The maximum atomic E-state index is 12.3. The fourth-order valence-electron chi connectivity index (χ4n) is 3.22. The Labute approximate surface area is 137 Å². The molecule has 0 aromatic carbocycles. The number of amides is 2. The summed E-state index contributed by atoms with van der Waals surface area (Å²) >= 11 is 0. The van der Waals surface area contributed by atoms with Crippen LogP contribution in [0.15, 0.2) is 11.3 Å². The number of rotatable bonds is 5. The first-order valence-electron chi connectivity index (χ1n) is 8.30. The second-order valence-corrected chi connectivity index (χ2v) is 6.12. The largest absolute Gasteiger partial charge is 0.463 e. The maximum absolute atomic E-state index is 12.3. The number of carbonyl (C=O) groups excluding carboxylic acids is 2. The van der Waals surface area contributed by atoms with Crippen LogP contribution in [-0.4, -0.2) is 61.4 Å². The van der Waals surface area contributed by atoms with E-state index in [-0.39, 0.29) is 30.3 Å². The maximum Gasteiger partial charge on any atom is 0.337 e. The van der Waals surface area contributed by atoms with E-state index in [4.69, 9.17) is 9.47 Å². The molecular formula is C16H27N3O4. The van der Waals surface area contributed by atoms with Gasteiger partial charge in [-0.2, -0.15) is 0 Å². The van der Waals surface area contributed by atoms with Gasteiger partial charge in [0, 0.05) is 25.3 Å². The predicted molar refractivity (Wildman–Crippen MR) is 85.9 cm³/mol. The van der Waals surface area contributed by atoms with Crippen molar-refractivity contribution in [1.82, 2.24) is 15.5 Å². The Hall–Kier alpha value is -1.60. The normalized spacial score (nSPS) is 29.0. The molecule has 2 heterocycles. The molecule has 2 N–H and O–H groups in total. The summed E-state index contributed by atoms with van der Waals surface area (Å²) in [5, 5.41) is 5.58. The number of morpholine rings is 1. The first-order chi connectivity index (χ1) is 10.9. The van der Waals surface area contributed by atoms with Crippen molar-refractivity contribution in [1.29, 1.82) is 0 Å². The van der Waals surface area contributed by atoms with Crippen LogP contribution in [0, 0.1) is 0 Å². The van der Waals surface area contributed by atoms with Gasteiger partial charge in [0.1, 0.15) is 0 Å². The summed E-state index contributed by atoms with van der Waals surface area (Å²) < 4.78 is 10.9. The van der Waals surface area contributed by atoms with Crippen LogP contribution in [-0.2, 0) is 14.3 Å². The lowest BCUT2D eigenvalue weighted by Crippen LogP contribution is -2.54. The van der Waals surface area contributed by atoms with Gasteiger partial charge in [0.15, 0.2) is 0 Å². The molecule has 1 fully saturated rings. The lowest BCUT2D eigenvalue weighted by molar-refractivity contribution is -0.139. The van der Waals surface area contributed by atoms with Crippen molar-refractivity contribution in [2.75, 3.05) is 26.2 Å². The molecule has 130 valence electrons. The second-order valence-electron chi connectivity index (χ2n) is 6.12. The lowest BCUT2D eigenvalue weighted by Gasteiger charge is -2.37. The van der Waals surface area contributed by atoms with Crippen LogP contribution in [0.4, 0.5) is 4.79 Å². The van der Waals surface area contributed by atoms with Crippen LogP contribution in [0.2, 0.25) is 0 Å². The molecule has 0 spiro atoms. The number of hydrogen-bond acceptors (Lipinski definition) is 5. The standard InChI is InChI=1S/C16H27N3O4/c1-5-12-14(15(20)22-6-2)13(18-16(21)17-12)9-19-7-10(3)23-11(4)8-19/h10-12H,5-9H2,1-4H3,(H2,17,18,21)/t10-,11-,12-/m0/s1. The van der Waals surface area contributed by atoms with E-state index in [1.807, 2.05) is 20.8 Å². The molecule has 0 bridgehead atoms. The fraction of sp³-hybridized carbons (Fsp3) is 0.750. The molecule has 0 saturated carbocycles. The van der Waals surface area contributed by atoms with Crippen LogP contribution >= 0.6 is 0 Å². The number of nitrogens with zero attached hydrogens (tertiary/aromatic N) is 1. The minimum absolute atomic E-state index is 0.129. The Kier molecular flexibility index (Phi) is 6.01. The van der Waals surface area contributed by atoms with Crippen LogP contribution in [0.3, 0.4) is 0 Å². The monoisotopic (exact) mass is 325 g/mol. The molecule has 1 saturated heterocycles. The molecule has 0 aliphatic carbocycles. The average molecular weight is 325 g/mol. The van der Waals surface area contributed by atoms with Gasteiger partial charge in [-0.1, -0.05) is 6.92 Å². The van der Waals surface area contributed by atoms with E-state index in [9.17, 15) is 9.59 Å². The second kappa shape index (κ2) is 7.79. The molecule has 2 aliphatic rings. The number of carbonyl (C=O) groups is 2. The van der Waals surface area contributed by atoms with Crippen LogP contribution < -0.4 is 10.6 Å². The summed E-state index contributed by atoms with van der Waals surface area (Å²) in [4.78, 5) is 26.4. The minimum atomic E-state index is -0.365. The van der Waals surface area contributed by atoms with Crippen molar-refractivity contribution in [2.24, 2.45) is 0 Å². The van der Waals surface area contributed by atoms with E-state index in [2.05, 4.69) is 15.5 Å². The molecule has 7 nitrogen and oxygen atoms in total. The molecule has 2 amide bonds. The van der Waals surface area contributed by atoms with Crippen molar-refractivity contribution in [3.63, 3.8) is 0 Å². The van der Waals surface area contributed by atoms with Gasteiger partial charge in [-0.15, -0.1) is 0 Å². The molecule has 0 radical (unpaired) electrons. The summed E-state index contributed by atoms with van der Waals surface area (Å²) in [7, 11) is 0. The summed E-state index contributed by atoms with van der Waals surface area (Å²) in [6.07, 6.45) is 0.899. The predicted octanol–water partition coefficient (Wildman–Crippen LogP) is 1.00. The van der Waals surface area contributed by atoms with E-state index in [0.29, 0.717) is 30.8 Å². The van der Waals surface area contributed by atoms with Gasteiger partial charge in [-0.05, 0) is 27.2 Å². The Bertz CT molecular complexity index is 482. The van der Waals surface area contributed by atoms with Gasteiger partial charge in [-0.25, -0.2) is 9.59 Å². The summed E-state index contributed by atoms with van der Waals surface area (Å²) in [6, 6.07) is -0.581. The van der Waals surface area contributed by atoms with Crippen LogP contribution in [0.1, 0.15) is 34.1 Å². The highest BCUT2D eigenvalue weighted by molar-refractivity contribution is 5.94. The highest BCUT2D eigenvalue weighted by atomic mass is 16.5. The molecule has 0 unspecified atom stereocenters. The number of nitrogens with one attached hydrogen (secondary N) is 2. The molecule has 7 heteroatoms.